The van der Waals surface area contributed by atoms with Gasteiger partial charge in [0.2, 0.25) is 5.91 Å². The first-order chi connectivity index (χ1) is 14.3. The molecule has 158 valence electrons. The van der Waals surface area contributed by atoms with E-state index in [4.69, 9.17) is 0 Å². The fourth-order valence-electron chi connectivity index (χ4n) is 3.51. The average Bonchev–Trinajstić information content (AvgIpc) is 2.73. The molecule has 1 aliphatic heterocycles. The van der Waals surface area contributed by atoms with Crippen LogP contribution in [0.3, 0.4) is 0 Å². The number of benzene rings is 2. The molecule has 1 fully saturated rings. The highest BCUT2D eigenvalue weighted by atomic mass is 19.1. The van der Waals surface area contributed by atoms with Crippen molar-refractivity contribution in [2.24, 2.45) is 5.92 Å². The molecule has 2 aromatic rings. The molecule has 0 saturated carbocycles. The summed E-state index contributed by atoms with van der Waals surface area (Å²) in [6.45, 7) is 4.59. The first kappa shape index (κ1) is 21.5. The number of hydrogen-bond donors (Lipinski definition) is 2. The maximum absolute atomic E-state index is 13.4. The van der Waals surface area contributed by atoms with Crippen LogP contribution in [0.15, 0.2) is 48.5 Å². The molecule has 1 aliphatic rings. The highest BCUT2D eigenvalue weighted by Gasteiger charge is 2.28. The van der Waals surface area contributed by atoms with E-state index in [9.17, 15) is 18.8 Å². The Bertz CT molecular complexity index is 937. The monoisotopic (exact) mass is 411 g/mol. The molecule has 30 heavy (non-hydrogen) atoms. The van der Waals surface area contributed by atoms with Crippen molar-refractivity contribution in [1.29, 1.82) is 0 Å². The third kappa shape index (κ3) is 5.23. The van der Waals surface area contributed by atoms with Crippen molar-refractivity contribution in [3.63, 3.8) is 0 Å². The van der Waals surface area contributed by atoms with Gasteiger partial charge >= 0.3 is 0 Å². The quantitative estimate of drug-likeness (QED) is 0.791. The van der Waals surface area contributed by atoms with Gasteiger partial charge in [0.05, 0.1) is 11.3 Å². The number of hydrogen-bond acceptors (Lipinski definition) is 3. The predicted molar refractivity (Wildman–Crippen MR) is 113 cm³/mol. The van der Waals surface area contributed by atoms with Gasteiger partial charge in [0.25, 0.3) is 11.8 Å². The van der Waals surface area contributed by atoms with Gasteiger partial charge in [-0.15, -0.1) is 0 Å². The average molecular weight is 411 g/mol. The van der Waals surface area contributed by atoms with Crippen LogP contribution in [0, 0.1) is 11.7 Å². The molecule has 0 aliphatic carbocycles. The third-order valence-electron chi connectivity index (χ3n) is 5.07. The van der Waals surface area contributed by atoms with Crippen molar-refractivity contribution in [1.82, 2.24) is 10.2 Å². The summed E-state index contributed by atoms with van der Waals surface area (Å²) in [6, 6.07) is 12.5. The molecule has 2 N–H and O–H groups in total. The fraction of sp³-hybridized carbons (Fsp3) is 0.348. The molecule has 1 heterocycles. The van der Waals surface area contributed by atoms with Crippen molar-refractivity contribution in [2.75, 3.05) is 18.4 Å². The second-order valence-corrected chi connectivity index (χ2v) is 7.74. The fourth-order valence-corrected chi connectivity index (χ4v) is 3.51. The first-order valence-corrected chi connectivity index (χ1v) is 10.1. The Labute approximate surface area is 175 Å². The number of para-hydroxylation sites is 1. The zero-order valence-electron chi connectivity index (χ0n) is 17.2. The number of nitrogens with one attached hydrogen (secondary N) is 2. The number of carbonyl (C=O) groups is 3. The Morgan fingerprint density at radius 1 is 1.03 bits per heavy atom. The number of likely N-dealkylation sites (tertiary alicyclic amines) is 1. The van der Waals surface area contributed by atoms with Gasteiger partial charge in [0.1, 0.15) is 5.82 Å². The lowest BCUT2D eigenvalue weighted by Crippen LogP contribution is -2.41. The highest BCUT2D eigenvalue weighted by Crippen LogP contribution is 2.23. The lowest BCUT2D eigenvalue weighted by molar-refractivity contribution is -0.121. The van der Waals surface area contributed by atoms with Gasteiger partial charge in [-0.25, -0.2) is 4.39 Å². The van der Waals surface area contributed by atoms with E-state index >= 15 is 0 Å². The smallest absolute Gasteiger partial charge is 0.253 e. The van der Waals surface area contributed by atoms with Gasteiger partial charge in [-0.1, -0.05) is 18.2 Å². The lowest BCUT2D eigenvalue weighted by Gasteiger charge is -2.31. The van der Waals surface area contributed by atoms with Gasteiger partial charge in [0.15, 0.2) is 0 Å². The van der Waals surface area contributed by atoms with Crippen LogP contribution in [0.5, 0.6) is 0 Å². The Morgan fingerprint density at radius 3 is 2.40 bits per heavy atom. The molecule has 7 heteroatoms. The number of halogens is 1. The molecule has 0 atom stereocenters. The molecular weight excluding hydrogens is 385 g/mol. The summed E-state index contributed by atoms with van der Waals surface area (Å²) >= 11 is 0. The van der Waals surface area contributed by atoms with Gasteiger partial charge in [-0.2, -0.15) is 0 Å². The van der Waals surface area contributed by atoms with E-state index in [1.165, 1.54) is 18.2 Å². The summed E-state index contributed by atoms with van der Waals surface area (Å²) in [6.07, 6.45) is 1.01. The predicted octanol–water partition coefficient (Wildman–Crippen LogP) is 3.45. The minimum absolute atomic E-state index is 0.0128. The summed E-state index contributed by atoms with van der Waals surface area (Å²) in [4.78, 5) is 39.3. The van der Waals surface area contributed by atoms with Crippen LogP contribution >= 0.6 is 0 Å². The zero-order chi connectivity index (χ0) is 21.7. The van der Waals surface area contributed by atoms with E-state index in [0.717, 1.165) is 0 Å². The molecule has 0 spiro atoms. The normalized spacial score (nSPS) is 14.5. The first-order valence-electron chi connectivity index (χ1n) is 10.1. The standard InChI is InChI=1S/C23H26FN3O3/c1-15(2)25-22(29)19-8-3-4-9-20(19)26-21(28)16-10-12-27(13-11-16)23(30)17-6-5-7-18(24)14-17/h3-9,14-16H,10-13H2,1-2H3,(H,25,29)(H,26,28). The summed E-state index contributed by atoms with van der Waals surface area (Å²) in [5.74, 6) is -1.35. The minimum atomic E-state index is -0.449. The van der Waals surface area contributed by atoms with E-state index < -0.39 is 5.82 Å². The second kappa shape index (κ2) is 9.52. The molecule has 0 radical (unpaired) electrons. The van der Waals surface area contributed by atoms with Crippen molar-refractivity contribution >= 4 is 23.4 Å². The zero-order valence-corrected chi connectivity index (χ0v) is 17.2. The van der Waals surface area contributed by atoms with Crippen LogP contribution in [0.25, 0.3) is 0 Å². The number of amides is 3. The van der Waals surface area contributed by atoms with Crippen molar-refractivity contribution in [3.8, 4) is 0 Å². The summed E-state index contributed by atoms with van der Waals surface area (Å²) in [5.41, 5.74) is 1.19. The molecule has 3 amide bonds. The molecular formula is C23H26FN3O3. The van der Waals surface area contributed by atoms with Gasteiger partial charge in [-0.3, -0.25) is 14.4 Å². The van der Waals surface area contributed by atoms with E-state index in [-0.39, 0.29) is 29.7 Å². The van der Waals surface area contributed by atoms with Gasteiger partial charge < -0.3 is 15.5 Å². The van der Waals surface area contributed by atoms with Crippen LogP contribution in [-0.4, -0.2) is 41.8 Å². The van der Waals surface area contributed by atoms with E-state index in [1.807, 2.05) is 13.8 Å². The number of piperidine rings is 1. The largest absolute Gasteiger partial charge is 0.350 e. The van der Waals surface area contributed by atoms with Gasteiger partial charge in [0, 0.05) is 30.6 Å². The Morgan fingerprint density at radius 2 is 1.73 bits per heavy atom. The Hall–Kier alpha value is -3.22. The van der Waals surface area contributed by atoms with Gasteiger partial charge in [-0.05, 0) is 57.0 Å². The number of rotatable bonds is 5. The summed E-state index contributed by atoms with van der Waals surface area (Å²) in [7, 11) is 0. The Kier molecular flexibility index (Phi) is 6.82. The van der Waals surface area contributed by atoms with E-state index in [2.05, 4.69) is 10.6 Å². The van der Waals surface area contributed by atoms with Crippen LogP contribution < -0.4 is 10.6 Å². The number of carbonyl (C=O) groups excluding carboxylic acids is 3. The number of nitrogens with zero attached hydrogens (tertiary/aromatic N) is 1. The van der Waals surface area contributed by atoms with Crippen LogP contribution in [-0.2, 0) is 4.79 Å². The van der Waals surface area contributed by atoms with Crippen molar-refractivity contribution in [3.05, 3.63) is 65.5 Å². The Balaban J connectivity index is 1.60. The van der Waals surface area contributed by atoms with Crippen molar-refractivity contribution < 1.29 is 18.8 Å². The molecule has 1 saturated heterocycles. The molecule has 3 rings (SSSR count). The number of anilines is 1. The third-order valence-corrected chi connectivity index (χ3v) is 5.07. The topological polar surface area (TPSA) is 78.5 Å². The maximum atomic E-state index is 13.4. The van der Waals surface area contributed by atoms with Crippen LogP contribution in [0.1, 0.15) is 47.4 Å². The summed E-state index contributed by atoms with van der Waals surface area (Å²) in [5, 5.41) is 5.69. The molecule has 6 nitrogen and oxygen atoms in total. The van der Waals surface area contributed by atoms with E-state index in [0.29, 0.717) is 42.7 Å². The summed E-state index contributed by atoms with van der Waals surface area (Å²) < 4.78 is 13.4. The van der Waals surface area contributed by atoms with Crippen LogP contribution in [0.2, 0.25) is 0 Å². The molecule has 0 aromatic heterocycles. The van der Waals surface area contributed by atoms with Crippen LogP contribution in [0.4, 0.5) is 10.1 Å². The minimum Gasteiger partial charge on any atom is -0.350 e. The second-order valence-electron chi connectivity index (χ2n) is 7.74. The lowest BCUT2D eigenvalue weighted by atomic mass is 9.95. The molecule has 0 unspecified atom stereocenters. The molecule has 2 aromatic carbocycles. The van der Waals surface area contributed by atoms with Crippen molar-refractivity contribution in [2.45, 2.75) is 32.7 Å². The maximum Gasteiger partial charge on any atom is 0.253 e. The SMILES string of the molecule is CC(C)NC(=O)c1ccccc1NC(=O)C1CCN(C(=O)c2cccc(F)c2)CC1. The van der Waals surface area contributed by atoms with E-state index in [1.54, 1.807) is 35.2 Å². The highest BCUT2D eigenvalue weighted by molar-refractivity contribution is 6.04. The molecule has 0 bridgehead atoms.